The summed E-state index contributed by atoms with van der Waals surface area (Å²) in [4.78, 5) is 13.0. The minimum atomic E-state index is -0.452. The van der Waals surface area contributed by atoms with Gasteiger partial charge in [0.1, 0.15) is 0 Å². The molecule has 0 unspecified atom stereocenters. The van der Waals surface area contributed by atoms with Crippen LogP contribution >= 0.6 is 12.6 Å². The number of allylic oxidation sites excluding steroid dienone is 3. The van der Waals surface area contributed by atoms with E-state index in [0.29, 0.717) is 34.1 Å². The summed E-state index contributed by atoms with van der Waals surface area (Å²) >= 11 is 4.48. The van der Waals surface area contributed by atoms with Crippen molar-refractivity contribution in [1.29, 1.82) is 5.26 Å². The van der Waals surface area contributed by atoms with E-state index >= 15 is 0 Å². The van der Waals surface area contributed by atoms with Crippen LogP contribution < -0.4 is 14.8 Å². The van der Waals surface area contributed by atoms with E-state index in [0.717, 1.165) is 17.7 Å². The molecule has 0 spiro atoms. The Kier molecular flexibility index (Phi) is 4.76. The Morgan fingerprint density at radius 3 is 2.54 bits per heavy atom. The average Bonchev–Trinajstić information content (AvgIpc) is 2.58. The summed E-state index contributed by atoms with van der Waals surface area (Å²) in [5.41, 5.74) is 2.64. The lowest BCUT2D eigenvalue weighted by molar-refractivity contribution is -0.118. The first-order chi connectivity index (χ1) is 12.3. The smallest absolute Gasteiger partial charge is 0.162 e. The molecule has 5 nitrogen and oxygen atoms in total. The van der Waals surface area contributed by atoms with Gasteiger partial charge in [0, 0.05) is 17.7 Å². The first-order valence-electron chi connectivity index (χ1n) is 8.39. The second-order valence-electron chi connectivity index (χ2n) is 7.38. The molecule has 0 saturated carbocycles. The van der Waals surface area contributed by atoms with Crippen LogP contribution in [0, 0.1) is 16.7 Å². The van der Waals surface area contributed by atoms with Crippen molar-refractivity contribution in [3.05, 3.63) is 45.6 Å². The topological polar surface area (TPSA) is 71.3 Å². The predicted molar refractivity (Wildman–Crippen MR) is 102 cm³/mol. The van der Waals surface area contributed by atoms with Gasteiger partial charge in [-0.15, -0.1) is 12.6 Å². The van der Waals surface area contributed by atoms with Crippen LogP contribution in [0.2, 0.25) is 0 Å². The van der Waals surface area contributed by atoms with Gasteiger partial charge in [0.05, 0.1) is 36.8 Å². The van der Waals surface area contributed by atoms with Crippen molar-refractivity contribution in [2.24, 2.45) is 5.41 Å². The molecule has 2 aliphatic rings. The normalized spacial score (nSPS) is 21.7. The van der Waals surface area contributed by atoms with Crippen LogP contribution in [0.15, 0.2) is 40.1 Å². The zero-order valence-corrected chi connectivity index (χ0v) is 16.2. The van der Waals surface area contributed by atoms with E-state index in [1.54, 1.807) is 20.3 Å². The van der Waals surface area contributed by atoms with Gasteiger partial charge in [0.15, 0.2) is 17.3 Å². The minimum Gasteiger partial charge on any atom is -0.493 e. The largest absolute Gasteiger partial charge is 0.493 e. The van der Waals surface area contributed by atoms with Crippen molar-refractivity contribution in [2.45, 2.75) is 32.6 Å². The van der Waals surface area contributed by atoms with Crippen LogP contribution in [0.4, 0.5) is 0 Å². The Bertz CT molecular complexity index is 878. The number of nitrogens with zero attached hydrogens (tertiary/aromatic N) is 1. The molecule has 1 aliphatic heterocycles. The fourth-order valence-corrected chi connectivity index (χ4v) is 4.07. The fourth-order valence-electron chi connectivity index (χ4n) is 3.76. The van der Waals surface area contributed by atoms with Gasteiger partial charge in [-0.1, -0.05) is 19.9 Å². The van der Waals surface area contributed by atoms with Gasteiger partial charge in [0.25, 0.3) is 0 Å². The van der Waals surface area contributed by atoms with Gasteiger partial charge in [0.2, 0.25) is 0 Å². The molecule has 3 rings (SSSR count). The molecule has 26 heavy (non-hydrogen) atoms. The molecular weight excluding hydrogens is 348 g/mol. The van der Waals surface area contributed by atoms with E-state index in [2.05, 4.69) is 37.9 Å². The van der Waals surface area contributed by atoms with Gasteiger partial charge >= 0.3 is 0 Å². The van der Waals surface area contributed by atoms with Gasteiger partial charge in [-0.2, -0.15) is 5.26 Å². The molecule has 1 N–H and O–H groups in total. The van der Waals surface area contributed by atoms with Crippen LogP contribution in [0.25, 0.3) is 0 Å². The molecule has 0 bridgehead atoms. The molecule has 0 radical (unpaired) electrons. The number of hydrogen-bond acceptors (Lipinski definition) is 6. The van der Waals surface area contributed by atoms with E-state index in [4.69, 9.17) is 9.47 Å². The van der Waals surface area contributed by atoms with Crippen molar-refractivity contribution in [1.82, 2.24) is 5.32 Å². The second-order valence-corrected chi connectivity index (χ2v) is 7.83. The van der Waals surface area contributed by atoms with Crippen molar-refractivity contribution >= 4 is 18.4 Å². The van der Waals surface area contributed by atoms with Crippen LogP contribution in [-0.2, 0) is 4.79 Å². The van der Waals surface area contributed by atoms with E-state index in [1.807, 2.05) is 12.1 Å². The highest BCUT2D eigenvalue weighted by atomic mass is 32.1. The number of thiol groups is 1. The zero-order valence-electron chi connectivity index (χ0n) is 15.3. The summed E-state index contributed by atoms with van der Waals surface area (Å²) in [5.74, 6) is 0.778. The first-order valence-corrected chi connectivity index (χ1v) is 8.84. The first kappa shape index (κ1) is 18.4. The third-order valence-corrected chi connectivity index (χ3v) is 5.24. The molecule has 1 aromatic rings. The highest BCUT2D eigenvalue weighted by molar-refractivity contribution is 7.84. The number of carbonyl (C=O) groups excluding carboxylic acids is 1. The van der Waals surface area contributed by atoms with Gasteiger partial charge in [-0.05, 0) is 29.5 Å². The Morgan fingerprint density at radius 1 is 1.23 bits per heavy atom. The molecular formula is C20H22N2O3S. The summed E-state index contributed by atoms with van der Waals surface area (Å²) in [7, 11) is 3.13. The Balaban J connectivity index is 2.18. The van der Waals surface area contributed by atoms with Gasteiger partial charge < -0.3 is 14.8 Å². The molecule has 0 amide bonds. The lowest BCUT2D eigenvalue weighted by Gasteiger charge is -2.38. The maximum Gasteiger partial charge on any atom is 0.162 e. The molecule has 0 aromatic heterocycles. The maximum absolute atomic E-state index is 13.0. The van der Waals surface area contributed by atoms with Crippen LogP contribution in [0.3, 0.4) is 0 Å². The minimum absolute atomic E-state index is 0.0668. The third kappa shape index (κ3) is 3.08. The molecule has 0 saturated heterocycles. The van der Waals surface area contributed by atoms with E-state index in [-0.39, 0.29) is 11.2 Å². The maximum atomic E-state index is 13.0. The number of hydrogen-bond donors (Lipinski definition) is 2. The molecule has 1 heterocycles. The fraction of sp³-hybridized carbons (Fsp3) is 0.400. The number of nitriles is 1. The Labute approximate surface area is 159 Å². The van der Waals surface area contributed by atoms with Crippen molar-refractivity contribution in [2.75, 3.05) is 14.2 Å². The number of benzene rings is 1. The number of carbonyl (C=O) groups is 1. The van der Waals surface area contributed by atoms with Crippen molar-refractivity contribution in [3.63, 3.8) is 0 Å². The Hall–Kier alpha value is -2.39. The Morgan fingerprint density at radius 2 is 1.92 bits per heavy atom. The van der Waals surface area contributed by atoms with Crippen molar-refractivity contribution < 1.29 is 14.3 Å². The summed E-state index contributed by atoms with van der Waals surface area (Å²) in [5, 5.41) is 13.4. The number of ether oxygens (including phenoxy) is 2. The van der Waals surface area contributed by atoms with Crippen molar-refractivity contribution in [3.8, 4) is 17.6 Å². The number of dihydropyridines is 1. The summed E-state index contributed by atoms with van der Waals surface area (Å²) in [6, 6.07) is 7.71. The number of Topliss-reactive ketones (excluding diaryl/α,β-unsaturated/α-hetero) is 1. The monoisotopic (exact) mass is 370 g/mol. The van der Waals surface area contributed by atoms with Crippen LogP contribution in [-0.4, -0.2) is 20.0 Å². The summed E-state index contributed by atoms with van der Waals surface area (Å²) in [6.07, 6.45) is 1.19. The highest BCUT2D eigenvalue weighted by Crippen LogP contribution is 2.47. The molecule has 6 heteroatoms. The number of nitrogens with one attached hydrogen (secondary N) is 1. The number of methoxy groups -OCH3 is 2. The quantitative estimate of drug-likeness (QED) is 0.794. The summed E-state index contributed by atoms with van der Waals surface area (Å²) in [6.45, 7) is 4.15. The molecule has 136 valence electrons. The van der Waals surface area contributed by atoms with Gasteiger partial charge in [-0.25, -0.2) is 0 Å². The van der Waals surface area contributed by atoms with Gasteiger partial charge in [-0.3, -0.25) is 4.79 Å². The zero-order chi connectivity index (χ0) is 19.1. The molecule has 1 atom stereocenters. The summed E-state index contributed by atoms with van der Waals surface area (Å²) < 4.78 is 10.7. The molecule has 0 fully saturated rings. The molecule has 1 aromatic carbocycles. The van der Waals surface area contributed by atoms with E-state index < -0.39 is 5.92 Å². The third-order valence-electron chi connectivity index (χ3n) is 4.88. The highest BCUT2D eigenvalue weighted by Gasteiger charge is 2.41. The SMILES string of the molecule is COc1ccc([C@@H]2C(C#N)=C(S)NC3=C2C(=O)CC(C)(C)C3)cc1OC. The predicted octanol–water partition coefficient (Wildman–Crippen LogP) is 3.70. The second kappa shape index (κ2) is 6.73. The standard InChI is InChI=1S/C20H22N2O3S/c1-20(2)8-13-18(14(23)9-20)17(12(10-21)19(26)22-13)11-5-6-15(24-3)16(7-11)25-4/h5-7,17,22,26H,8-9H2,1-4H3/t17-/m1/s1. The average molecular weight is 370 g/mol. The number of rotatable bonds is 3. The molecule has 1 aliphatic carbocycles. The number of ketones is 1. The van der Waals surface area contributed by atoms with Crippen LogP contribution in [0.1, 0.15) is 38.2 Å². The van der Waals surface area contributed by atoms with E-state index in [1.165, 1.54) is 0 Å². The lowest BCUT2D eigenvalue weighted by Crippen LogP contribution is -2.36. The lowest BCUT2D eigenvalue weighted by atomic mass is 9.69. The van der Waals surface area contributed by atoms with Crippen LogP contribution in [0.5, 0.6) is 11.5 Å². The van der Waals surface area contributed by atoms with E-state index in [9.17, 15) is 10.1 Å².